The van der Waals surface area contributed by atoms with Crippen molar-refractivity contribution < 1.29 is 14.7 Å². The van der Waals surface area contributed by atoms with E-state index in [0.717, 1.165) is 12.8 Å². The molecule has 1 amide bonds. The molecule has 1 aromatic heterocycles. The van der Waals surface area contributed by atoms with E-state index < -0.39 is 5.97 Å². The van der Waals surface area contributed by atoms with Crippen molar-refractivity contribution in [3.8, 4) is 0 Å². The lowest BCUT2D eigenvalue weighted by molar-refractivity contribution is -0.139. The van der Waals surface area contributed by atoms with Crippen LogP contribution in [0.4, 0.5) is 5.13 Å². The predicted octanol–water partition coefficient (Wildman–Crippen LogP) is 0.733. The maximum atomic E-state index is 12.1. The number of hydrogen-bond acceptors (Lipinski definition) is 5. The summed E-state index contributed by atoms with van der Waals surface area (Å²) in [5, 5.41) is 11.0. The molecule has 18 heavy (non-hydrogen) atoms. The van der Waals surface area contributed by atoms with Crippen molar-refractivity contribution >= 4 is 28.3 Å². The van der Waals surface area contributed by atoms with Gasteiger partial charge in [0.15, 0.2) is 5.13 Å². The third kappa shape index (κ3) is 2.98. The largest absolute Gasteiger partial charge is 0.481 e. The molecule has 0 saturated carbocycles. The number of carboxylic acid groups (broad SMARTS) is 1. The van der Waals surface area contributed by atoms with Gasteiger partial charge in [0.1, 0.15) is 0 Å². The van der Waals surface area contributed by atoms with E-state index in [0.29, 0.717) is 17.4 Å². The fraction of sp³-hybridized carbons (Fsp3) is 0.545. The van der Waals surface area contributed by atoms with Crippen molar-refractivity contribution in [3.63, 3.8) is 0 Å². The van der Waals surface area contributed by atoms with Crippen LogP contribution in [0.25, 0.3) is 0 Å². The molecule has 1 fully saturated rings. The number of amides is 1. The monoisotopic (exact) mass is 269 g/mol. The van der Waals surface area contributed by atoms with Gasteiger partial charge in [0.05, 0.1) is 18.5 Å². The number of aliphatic carboxylic acids is 1. The van der Waals surface area contributed by atoms with Crippen molar-refractivity contribution in [1.82, 2.24) is 9.88 Å². The standard InChI is InChI=1S/C11H15N3O3S/c12-11-13-7(6-18-11)4-9(15)14-3-1-2-8(14)5-10(16)17/h6,8H,1-5H2,(H2,12,13)(H,16,17). The summed E-state index contributed by atoms with van der Waals surface area (Å²) in [6, 6.07) is -0.175. The summed E-state index contributed by atoms with van der Waals surface area (Å²) in [5.74, 6) is -0.929. The van der Waals surface area contributed by atoms with E-state index in [9.17, 15) is 9.59 Å². The number of thiazole rings is 1. The first-order valence-corrected chi connectivity index (χ1v) is 6.65. The summed E-state index contributed by atoms with van der Waals surface area (Å²) in [7, 11) is 0. The van der Waals surface area contributed by atoms with Gasteiger partial charge in [0.25, 0.3) is 0 Å². The minimum Gasteiger partial charge on any atom is -0.481 e. The number of likely N-dealkylation sites (tertiary alicyclic amines) is 1. The second-order valence-corrected chi connectivity index (χ2v) is 5.22. The van der Waals surface area contributed by atoms with Crippen LogP contribution in [-0.2, 0) is 16.0 Å². The van der Waals surface area contributed by atoms with Crippen LogP contribution in [0.5, 0.6) is 0 Å². The molecule has 6 nitrogen and oxygen atoms in total. The molecule has 0 spiro atoms. The topological polar surface area (TPSA) is 96.5 Å². The average molecular weight is 269 g/mol. The summed E-state index contributed by atoms with van der Waals surface area (Å²) >= 11 is 1.30. The minimum atomic E-state index is -0.863. The van der Waals surface area contributed by atoms with Crippen LogP contribution in [0.2, 0.25) is 0 Å². The van der Waals surface area contributed by atoms with Gasteiger partial charge in [0.2, 0.25) is 5.91 Å². The Morgan fingerprint density at radius 1 is 1.61 bits per heavy atom. The summed E-state index contributed by atoms with van der Waals surface area (Å²) in [5.41, 5.74) is 6.16. The highest BCUT2D eigenvalue weighted by atomic mass is 32.1. The van der Waals surface area contributed by atoms with E-state index in [1.165, 1.54) is 11.3 Å². The number of carbonyl (C=O) groups is 2. The molecule has 0 aliphatic carbocycles. The van der Waals surface area contributed by atoms with Gasteiger partial charge >= 0.3 is 5.97 Å². The second kappa shape index (κ2) is 5.34. The van der Waals surface area contributed by atoms with Crippen LogP contribution in [0, 0.1) is 0 Å². The van der Waals surface area contributed by atoms with Gasteiger partial charge in [-0.25, -0.2) is 4.98 Å². The first kappa shape index (κ1) is 12.8. The van der Waals surface area contributed by atoms with Gasteiger partial charge in [-0.15, -0.1) is 11.3 Å². The van der Waals surface area contributed by atoms with Crippen molar-refractivity contribution in [1.29, 1.82) is 0 Å². The Kier molecular flexibility index (Phi) is 3.81. The lowest BCUT2D eigenvalue weighted by Gasteiger charge is -2.23. The molecule has 2 rings (SSSR count). The van der Waals surface area contributed by atoms with Gasteiger partial charge in [0, 0.05) is 18.0 Å². The Bertz CT molecular complexity index is 460. The van der Waals surface area contributed by atoms with E-state index >= 15 is 0 Å². The minimum absolute atomic E-state index is 0.0188. The van der Waals surface area contributed by atoms with Gasteiger partial charge in [-0.3, -0.25) is 9.59 Å². The molecular weight excluding hydrogens is 254 g/mol. The molecule has 0 radical (unpaired) electrons. The van der Waals surface area contributed by atoms with Crippen molar-refractivity contribution in [2.24, 2.45) is 0 Å². The summed E-state index contributed by atoms with van der Waals surface area (Å²) < 4.78 is 0. The molecule has 0 aromatic carbocycles. The van der Waals surface area contributed by atoms with Crippen LogP contribution < -0.4 is 5.73 Å². The first-order valence-electron chi connectivity index (χ1n) is 5.77. The Balaban J connectivity index is 1.97. The average Bonchev–Trinajstić information content (AvgIpc) is 2.87. The zero-order chi connectivity index (χ0) is 13.1. The second-order valence-electron chi connectivity index (χ2n) is 4.33. The molecule has 1 aromatic rings. The van der Waals surface area contributed by atoms with Crippen LogP contribution >= 0.6 is 11.3 Å². The highest BCUT2D eigenvalue weighted by molar-refractivity contribution is 7.13. The Morgan fingerprint density at radius 3 is 3.00 bits per heavy atom. The quantitative estimate of drug-likeness (QED) is 0.840. The molecule has 2 heterocycles. The van der Waals surface area contributed by atoms with E-state index in [1.807, 2.05) is 0 Å². The Labute approximate surface area is 108 Å². The normalized spacial score (nSPS) is 19.1. The van der Waals surface area contributed by atoms with E-state index in [4.69, 9.17) is 10.8 Å². The van der Waals surface area contributed by atoms with E-state index in [-0.39, 0.29) is 24.8 Å². The summed E-state index contributed by atoms with van der Waals surface area (Å²) in [6.45, 7) is 0.635. The predicted molar refractivity (Wildman–Crippen MR) is 67.2 cm³/mol. The zero-order valence-corrected chi connectivity index (χ0v) is 10.7. The summed E-state index contributed by atoms with van der Waals surface area (Å²) in [4.78, 5) is 28.5. The highest BCUT2D eigenvalue weighted by Crippen LogP contribution is 2.21. The molecule has 1 unspecified atom stereocenters. The smallest absolute Gasteiger partial charge is 0.305 e. The number of carboxylic acids is 1. The zero-order valence-electron chi connectivity index (χ0n) is 9.83. The molecule has 1 aliphatic rings. The molecule has 1 atom stereocenters. The third-order valence-corrected chi connectivity index (χ3v) is 3.73. The Hall–Kier alpha value is -1.63. The van der Waals surface area contributed by atoms with Gasteiger partial charge in [-0.1, -0.05) is 0 Å². The number of aromatic nitrogens is 1. The SMILES string of the molecule is Nc1nc(CC(=O)N2CCCC2CC(=O)O)cs1. The lowest BCUT2D eigenvalue weighted by Crippen LogP contribution is -2.37. The first-order chi connectivity index (χ1) is 8.56. The third-order valence-electron chi connectivity index (χ3n) is 3.01. The number of anilines is 1. The molecule has 0 bridgehead atoms. The van der Waals surface area contributed by atoms with Gasteiger partial charge in [-0.05, 0) is 12.8 Å². The highest BCUT2D eigenvalue weighted by Gasteiger charge is 2.30. The molecule has 1 aliphatic heterocycles. The van der Waals surface area contributed by atoms with Crippen molar-refractivity contribution in [2.75, 3.05) is 12.3 Å². The molecule has 7 heteroatoms. The van der Waals surface area contributed by atoms with Crippen LogP contribution in [-0.4, -0.2) is 39.5 Å². The number of hydrogen-bond donors (Lipinski definition) is 2. The molecule has 3 N–H and O–H groups in total. The number of rotatable bonds is 4. The van der Waals surface area contributed by atoms with Gasteiger partial charge in [-0.2, -0.15) is 0 Å². The van der Waals surface area contributed by atoms with Crippen LogP contribution in [0.1, 0.15) is 25.0 Å². The number of nitrogens with two attached hydrogens (primary N) is 1. The molecular formula is C11H15N3O3S. The van der Waals surface area contributed by atoms with E-state index in [1.54, 1.807) is 10.3 Å². The maximum absolute atomic E-state index is 12.1. The van der Waals surface area contributed by atoms with Crippen molar-refractivity contribution in [2.45, 2.75) is 31.7 Å². The fourth-order valence-corrected chi connectivity index (χ4v) is 2.80. The number of nitrogen functional groups attached to an aromatic ring is 1. The number of carbonyl (C=O) groups excluding carboxylic acids is 1. The summed E-state index contributed by atoms with van der Waals surface area (Å²) in [6.07, 6.45) is 1.84. The van der Waals surface area contributed by atoms with Crippen LogP contribution in [0.15, 0.2) is 5.38 Å². The molecule has 1 saturated heterocycles. The van der Waals surface area contributed by atoms with Crippen LogP contribution in [0.3, 0.4) is 0 Å². The van der Waals surface area contributed by atoms with E-state index in [2.05, 4.69) is 4.98 Å². The lowest BCUT2D eigenvalue weighted by atomic mass is 10.1. The number of nitrogens with zero attached hydrogens (tertiary/aromatic N) is 2. The Morgan fingerprint density at radius 2 is 2.39 bits per heavy atom. The maximum Gasteiger partial charge on any atom is 0.305 e. The van der Waals surface area contributed by atoms with Crippen molar-refractivity contribution in [3.05, 3.63) is 11.1 Å². The molecule has 98 valence electrons. The van der Waals surface area contributed by atoms with Gasteiger partial charge < -0.3 is 15.7 Å². The fourth-order valence-electron chi connectivity index (χ4n) is 2.24.